The summed E-state index contributed by atoms with van der Waals surface area (Å²) in [6.45, 7) is 5.77. The fourth-order valence-electron chi connectivity index (χ4n) is 0.884. The number of nitrogens with two attached hydrogens (primary N) is 1. The van der Waals surface area contributed by atoms with Crippen molar-refractivity contribution in [1.29, 1.82) is 0 Å². The van der Waals surface area contributed by atoms with Crippen LogP contribution in [-0.4, -0.2) is 17.4 Å². The fourth-order valence-corrected chi connectivity index (χ4v) is 1.77. The first-order chi connectivity index (χ1) is 6.50. The predicted molar refractivity (Wildman–Crippen MR) is 61.7 cm³/mol. The number of hydrogen-bond donors (Lipinski definition) is 2. The highest BCUT2D eigenvalue weighted by atomic mass is 79.9. The molecule has 4 nitrogen and oxygen atoms in total. The largest absolute Gasteiger partial charge is 0.375 e. The van der Waals surface area contributed by atoms with Crippen molar-refractivity contribution in [2.75, 3.05) is 12.3 Å². The van der Waals surface area contributed by atoms with E-state index in [1.165, 1.54) is 11.3 Å². The molecule has 1 aromatic rings. The molecule has 0 saturated carbocycles. The second-order valence-electron chi connectivity index (χ2n) is 2.67. The van der Waals surface area contributed by atoms with Crippen LogP contribution in [0.3, 0.4) is 0 Å². The van der Waals surface area contributed by atoms with Gasteiger partial charge in [0.15, 0.2) is 5.13 Å². The van der Waals surface area contributed by atoms with Crippen LogP contribution in [0, 0.1) is 6.92 Å². The SMILES string of the molecule is C=C(Br)CNC(=O)c1sc(N)nc1C. The van der Waals surface area contributed by atoms with Crippen LogP contribution in [0.1, 0.15) is 15.4 Å². The Hall–Kier alpha value is -0.880. The molecule has 0 aliphatic heterocycles. The molecule has 76 valence electrons. The Balaban J connectivity index is 2.69. The molecule has 1 rings (SSSR count). The van der Waals surface area contributed by atoms with Crippen molar-refractivity contribution < 1.29 is 4.79 Å². The van der Waals surface area contributed by atoms with Gasteiger partial charge in [0.2, 0.25) is 0 Å². The van der Waals surface area contributed by atoms with Crippen molar-refractivity contribution >= 4 is 38.3 Å². The number of anilines is 1. The lowest BCUT2D eigenvalue weighted by Gasteiger charge is -2.01. The summed E-state index contributed by atoms with van der Waals surface area (Å²) in [6.07, 6.45) is 0. The van der Waals surface area contributed by atoms with E-state index in [9.17, 15) is 4.79 Å². The third-order valence-corrected chi connectivity index (χ3v) is 2.73. The van der Waals surface area contributed by atoms with Crippen molar-refractivity contribution in [2.24, 2.45) is 0 Å². The van der Waals surface area contributed by atoms with Gasteiger partial charge in [-0.15, -0.1) is 0 Å². The minimum atomic E-state index is -0.169. The summed E-state index contributed by atoms with van der Waals surface area (Å²) < 4.78 is 0.723. The van der Waals surface area contributed by atoms with E-state index in [2.05, 4.69) is 32.8 Å². The molecule has 14 heavy (non-hydrogen) atoms. The van der Waals surface area contributed by atoms with Crippen molar-refractivity contribution in [2.45, 2.75) is 6.92 Å². The number of nitrogens with one attached hydrogen (secondary N) is 1. The van der Waals surface area contributed by atoms with Crippen molar-refractivity contribution in [3.8, 4) is 0 Å². The highest BCUT2D eigenvalue weighted by molar-refractivity contribution is 9.11. The molecular formula is C8H10BrN3OS. The number of halogens is 1. The Kier molecular flexibility index (Phi) is 3.65. The Morgan fingerprint density at radius 3 is 2.86 bits per heavy atom. The first kappa shape index (κ1) is 11.2. The zero-order valence-corrected chi connectivity index (χ0v) is 10.0. The molecule has 0 bridgehead atoms. The van der Waals surface area contributed by atoms with Crippen molar-refractivity contribution in [3.63, 3.8) is 0 Å². The molecule has 0 radical (unpaired) electrons. The molecule has 1 amide bonds. The summed E-state index contributed by atoms with van der Waals surface area (Å²) in [7, 11) is 0. The molecule has 0 aliphatic rings. The topological polar surface area (TPSA) is 68.0 Å². The van der Waals surface area contributed by atoms with Crippen LogP contribution in [0.5, 0.6) is 0 Å². The van der Waals surface area contributed by atoms with Crippen LogP contribution < -0.4 is 11.1 Å². The van der Waals surface area contributed by atoms with E-state index in [1.807, 2.05) is 0 Å². The van der Waals surface area contributed by atoms with E-state index in [1.54, 1.807) is 6.92 Å². The first-order valence-corrected chi connectivity index (χ1v) is 5.46. The lowest BCUT2D eigenvalue weighted by molar-refractivity contribution is 0.0961. The van der Waals surface area contributed by atoms with Crippen LogP contribution in [-0.2, 0) is 0 Å². The van der Waals surface area contributed by atoms with E-state index in [-0.39, 0.29) is 5.91 Å². The number of hydrogen-bond acceptors (Lipinski definition) is 4. The van der Waals surface area contributed by atoms with Crippen LogP contribution >= 0.6 is 27.3 Å². The zero-order valence-electron chi connectivity index (χ0n) is 7.63. The highest BCUT2D eigenvalue weighted by Crippen LogP contribution is 2.19. The van der Waals surface area contributed by atoms with Crippen LogP contribution in [0.2, 0.25) is 0 Å². The summed E-state index contributed by atoms with van der Waals surface area (Å²) in [6, 6.07) is 0. The third-order valence-electron chi connectivity index (χ3n) is 1.46. The molecule has 0 unspecified atom stereocenters. The summed E-state index contributed by atoms with van der Waals surface area (Å²) in [5.41, 5.74) is 6.13. The predicted octanol–water partition coefficient (Wildman–Crippen LogP) is 1.67. The first-order valence-electron chi connectivity index (χ1n) is 3.85. The van der Waals surface area contributed by atoms with Crippen LogP contribution in [0.25, 0.3) is 0 Å². The summed E-state index contributed by atoms with van der Waals surface area (Å²) >= 11 is 4.34. The van der Waals surface area contributed by atoms with Gasteiger partial charge in [-0.05, 0) is 6.92 Å². The number of rotatable bonds is 3. The molecule has 0 saturated heterocycles. The molecule has 0 atom stereocenters. The lowest BCUT2D eigenvalue weighted by Crippen LogP contribution is -2.24. The van der Waals surface area contributed by atoms with E-state index in [0.29, 0.717) is 22.2 Å². The van der Waals surface area contributed by atoms with E-state index in [4.69, 9.17) is 5.73 Å². The molecule has 0 fully saturated rings. The number of aryl methyl sites for hydroxylation is 1. The second-order valence-corrected chi connectivity index (χ2v) is 4.82. The zero-order chi connectivity index (χ0) is 10.7. The van der Waals surface area contributed by atoms with E-state index in [0.717, 1.165) is 4.48 Å². The average Bonchev–Trinajstić information content (AvgIpc) is 2.41. The number of carbonyl (C=O) groups excluding carboxylic acids is 1. The average molecular weight is 276 g/mol. The maximum atomic E-state index is 11.5. The monoisotopic (exact) mass is 275 g/mol. The molecule has 6 heteroatoms. The number of amides is 1. The normalized spacial score (nSPS) is 9.86. The molecular weight excluding hydrogens is 266 g/mol. The Morgan fingerprint density at radius 1 is 1.79 bits per heavy atom. The molecule has 1 aromatic heterocycles. The Bertz CT molecular complexity index is 375. The van der Waals surface area contributed by atoms with Gasteiger partial charge in [-0.1, -0.05) is 33.8 Å². The quantitative estimate of drug-likeness (QED) is 0.882. The van der Waals surface area contributed by atoms with Gasteiger partial charge in [0.05, 0.1) is 5.69 Å². The van der Waals surface area contributed by atoms with E-state index >= 15 is 0 Å². The number of carbonyl (C=O) groups is 1. The van der Waals surface area contributed by atoms with Gasteiger partial charge < -0.3 is 11.1 Å². The maximum absolute atomic E-state index is 11.5. The summed E-state index contributed by atoms with van der Waals surface area (Å²) in [4.78, 5) is 16.0. The van der Waals surface area contributed by atoms with Gasteiger partial charge in [-0.2, -0.15) is 0 Å². The third kappa shape index (κ3) is 2.81. The van der Waals surface area contributed by atoms with Crippen LogP contribution in [0.15, 0.2) is 11.1 Å². The lowest BCUT2D eigenvalue weighted by atomic mass is 10.4. The van der Waals surface area contributed by atoms with Gasteiger partial charge in [0.1, 0.15) is 4.88 Å². The number of aromatic nitrogens is 1. The Morgan fingerprint density at radius 2 is 2.43 bits per heavy atom. The number of thiazole rings is 1. The number of nitrogens with zero attached hydrogens (tertiary/aromatic N) is 1. The molecule has 0 aliphatic carbocycles. The highest BCUT2D eigenvalue weighted by Gasteiger charge is 2.13. The van der Waals surface area contributed by atoms with Crippen molar-refractivity contribution in [3.05, 3.63) is 21.6 Å². The second kappa shape index (κ2) is 4.56. The molecule has 3 N–H and O–H groups in total. The number of nitrogen functional groups attached to an aromatic ring is 1. The minimum Gasteiger partial charge on any atom is -0.375 e. The molecule has 0 aromatic carbocycles. The summed E-state index contributed by atoms with van der Waals surface area (Å²) in [5.74, 6) is -0.169. The van der Waals surface area contributed by atoms with E-state index < -0.39 is 0 Å². The van der Waals surface area contributed by atoms with Gasteiger partial charge in [0.25, 0.3) is 5.91 Å². The smallest absolute Gasteiger partial charge is 0.263 e. The van der Waals surface area contributed by atoms with Gasteiger partial charge in [0, 0.05) is 11.0 Å². The molecule has 0 spiro atoms. The Labute approximate surface area is 94.3 Å². The van der Waals surface area contributed by atoms with Gasteiger partial charge in [-0.25, -0.2) is 4.98 Å². The summed E-state index contributed by atoms with van der Waals surface area (Å²) in [5, 5.41) is 3.09. The molecule has 1 heterocycles. The standard InChI is InChI=1S/C8H10BrN3OS/c1-4(9)3-11-7(13)6-5(2)12-8(10)14-6/h1,3H2,2H3,(H2,10,12)(H,11,13). The maximum Gasteiger partial charge on any atom is 0.263 e. The van der Waals surface area contributed by atoms with Gasteiger partial charge >= 0.3 is 0 Å². The van der Waals surface area contributed by atoms with Crippen molar-refractivity contribution in [1.82, 2.24) is 10.3 Å². The van der Waals surface area contributed by atoms with Crippen LogP contribution in [0.4, 0.5) is 5.13 Å². The minimum absolute atomic E-state index is 0.169. The van der Waals surface area contributed by atoms with Gasteiger partial charge in [-0.3, -0.25) is 4.79 Å². The fraction of sp³-hybridized carbons (Fsp3) is 0.250.